The van der Waals surface area contributed by atoms with Gasteiger partial charge in [0.25, 0.3) is 0 Å². The summed E-state index contributed by atoms with van der Waals surface area (Å²) in [6.45, 7) is 2.13. The number of rotatable bonds is 3. The van der Waals surface area contributed by atoms with Crippen molar-refractivity contribution >= 4 is 27.3 Å². The van der Waals surface area contributed by atoms with Gasteiger partial charge in [-0.25, -0.2) is 0 Å². The molecule has 0 amide bonds. The van der Waals surface area contributed by atoms with Crippen molar-refractivity contribution in [1.29, 1.82) is 0 Å². The van der Waals surface area contributed by atoms with Crippen LogP contribution in [0.25, 0.3) is 0 Å². The third-order valence-electron chi connectivity index (χ3n) is 1.73. The molecule has 0 saturated heterocycles. The minimum Gasteiger partial charge on any atom is -0.593 e. The summed E-state index contributed by atoms with van der Waals surface area (Å²) < 4.78 is 51.7. The SMILES string of the molecule is CCN[S+]([O-])c1cc(C(F)(F)F)ccc1Br. The van der Waals surface area contributed by atoms with Crippen molar-refractivity contribution in [3.63, 3.8) is 0 Å². The third-order valence-corrected chi connectivity index (χ3v) is 3.98. The molecule has 0 spiro atoms. The van der Waals surface area contributed by atoms with Gasteiger partial charge in [-0.05, 0) is 35.0 Å². The fourth-order valence-corrected chi connectivity index (χ4v) is 2.62. The van der Waals surface area contributed by atoms with E-state index in [1.54, 1.807) is 6.92 Å². The largest absolute Gasteiger partial charge is 0.593 e. The molecule has 0 aliphatic carbocycles. The van der Waals surface area contributed by atoms with Gasteiger partial charge in [0.1, 0.15) is 0 Å². The smallest absolute Gasteiger partial charge is 0.416 e. The number of hydrogen-bond donors (Lipinski definition) is 1. The highest BCUT2D eigenvalue weighted by molar-refractivity contribution is 9.10. The normalized spacial score (nSPS) is 13.9. The zero-order valence-corrected chi connectivity index (χ0v) is 10.7. The molecule has 0 bridgehead atoms. The lowest BCUT2D eigenvalue weighted by Crippen LogP contribution is -2.24. The van der Waals surface area contributed by atoms with Gasteiger partial charge in [0.2, 0.25) is 0 Å². The average Bonchev–Trinajstić information content (AvgIpc) is 2.16. The van der Waals surface area contributed by atoms with Crippen LogP contribution in [-0.4, -0.2) is 11.1 Å². The van der Waals surface area contributed by atoms with Crippen LogP contribution in [0.3, 0.4) is 0 Å². The maximum Gasteiger partial charge on any atom is 0.416 e. The second kappa shape index (κ2) is 5.39. The first-order valence-electron chi connectivity index (χ1n) is 4.38. The Morgan fingerprint density at radius 3 is 2.56 bits per heavy atom. The van der Waals surface area contributed by atoms with Crippen LogP contribution in [0.15, 0.2) is 27.6 Å². The minimum absolute atomic E-state index is 0.0941. The molecule has 1 aromatic carbocycles. The molecule has 0 aromatic heterocycles. The highest BCUT2D eigenvalue weighted by Gasteiger charge is 2.32. The molecule has 16 heavy (non-hydrogen) atoms. The summed E-state index contributed by atoms with van der Waals surface area (Å²) in [7, 11) is 0. The lowest BCUT2D eigenvalue weighted by Gasteiger charge is -2.13. The van der Waals surface area contributed by atoms with Gasteiger partial charge in [-0.2, -0.15) is 13.2 Å². The number of benzene rings is 1. The van der Waals surface area contributed by atoms with Gasteiger partial charge in [0.05, 0.1) is 21.4 Å². The summed E-state index contributed by atoms with van der Waals surface area (Å²) in [6.07, 6.45) is -4.42. The number of alkyl halides is 3. The molecule has 0 aliphatic heterocycles. The van der Waals surface area contributed by atoms with Crippen molar-refractivity contribution in [2.45, 2.75) is 18.0 Å². The molecule has 0 heterocycles. The zero-order chi connectivity index (χ0) is 12.3. The molecule has 1 aromatic rings. The monoisotopic (exact) mass is 315 g/mol. The number of halogens is 4. The van der Waals surface area contributed by atoms with Crippen molar-refractivity contribution in [2.75, 3.05) is 6.54 Å². The van der Waals surface area contributed by atoms with Crippen molar-refractivity contribution in [1.82, 2.24) is 4.72 Å². The Kier molecular flexibility index (Phi) is 4.66. The van der Waals surface area contributed by atoms with Crippen LogP contribution in [-0.2, 0) is 17.5 Å². The van der Waals surface area contributed by atoms with Crippen molar-refractivity contribution < 1.29 is 17.7 Å². The van der Waals surface area contributed by atoms with E-state index in [0.29, 0.717) is 11.0 Å². The molecule has 1 N–H and O–H groups in total. The molecular weight excluding hydrogens is 307 g/mol. The Bertz CT molecular complexity index is 372. The molecule has 0 radical (unpaired) electrons. The second-order valence-electron chi connectivity index (χ2n) is 2.91. The Balaban J connectivity index is 3.09. The van der Waals surface area contributed by atoms with Crippen LogP contribution in [0.4, 0.5) is 13.2 Å². The van der Waals surface area contributed by atoms with Crippen LogP contribution in [0.5, 0.6) is 0 Å². The van der Waals surface area contributed by atoms with Crippen molar-refractivity contribution in [3.05, 3.63) is 28.2 Å². The van der Waals surface area contributed by atoms with Crippen LogP contribution in [0.2, 0.25) is 0 Å². The van der Waals surface area contributed by atoms with Crippen molar-refractivity contribution in [3.8, 4) is 0 Å². The average molecular weight is 316 g/mol. The Morgan fingerprint density at radius 2 is 2.06 bits per heavy atom. The molecule has 7 heteroatoms. The molecule has 2 nitrogen and oxygen atoms in total. The molecule has 1 rings (SSSR count). The van der Waals surface area contributed by atoms with E-state index in [4.69, 9.17) is 0 Å². The van der Waals surface area contributed by atoms with Crippen LogP contribution in [0, 0.1) is 0 Å². The molecule has 0 saturated carbocycles. The van der Waals surface area contributed by atoms with Gasteiger partial charge in [0, 0.05) is 12.6 Å². The Hall–Kier alpha value is -0.240. The van der Waals surface area contributed by atoms with Gasteiger partial charge in [-0.1, -0.05) is 0 Å². The van der Waals surface area contributed by atoms with Gasteiger partial charge in [-0.15, -0.1) is 4.72 Å². The van der Waals surface area contributed by atoms with E-state index in [0.717, 1.165) is 12.1 Å². The number of hydrogen-bond acceptors (Lipinski definition) is 2. The van der Waals surface area contributed by atoms with Gasteiger partial charge in [-0.3, -0.25) is 0 Å². The van der Waals surface area contributed by atoms with Gasteiger partial charge >= 0.3 is 6.18 Å². The second-order valence-corrected chi connectivity index (χ2v) is 5.03. The quantitative estimate of drug-likeness (QED) is 0.870. The Labute approximate surface area is 103 Å². The first-order valence-corrected chi connectivity index (χ1v) is 6.32. The van der Waals surface area contributed by atoms with E-state index in [9.17, 15) is 17.7 Å². The predicted octanol–water partition coefficient (Wildman–Crippen LogP) is 3.10. The van der Waals surface area contributed by atoms with E-state index in [2.05, 4.69) is 20.7 Å². The lowest BCUT2D eigenvalue weighted by molar-refractivity contribution is -0.137. The van der Waals surface area contributed by atoms with Crippen LogP contribution >= 0.6 is 15.9 Å². The highest BCUT2D eigenvalue weighted by Crippen LogP contribution is 2.33. The van der Waals surface area contributed by atoms with E-state index >= 15 is 0 Å². The van der Waals surface area contributed by atoms with Crippen LogP contribution in [0.1, 0.15) is 12.5 Å². The Morgan fingerprint density at radius 1 is 1.44 bits per heavy atom. The third kappa shape index (κ3) is 3.38. The van der Waals surface area contributed by atoms with E-state index in [-0.39, 0.29) is 4.90 Å². The molecular formula is C9H9BrF3NOS. The summed E-state index contributed by atoms with van der Waals surface area (Å²) in [5.74, 6) is 0. The van der Waals surface area contributed by atoms with E-state index < -0.39 is 23.1 Å². The minimum atomic E-state index is -4.42. The molecule has 1 atom stereocenters. The van der Waals surface area contributed by atoms with Crippen LogP contribution < -0.4 is 4.72 Å². The summed E-state index contributed by atoms with van der Waals surface area (Å²) in [5, 5.41) is 0. The van der Waals surface area contributed by atoms with E-state index in [1.165, 1.54) is 6.07 Å². The standard InChI is InChI=1S/C9H9BrF3NOS/c1-2-14-16(15)8-5-6(9(11,12)13)3-4-7(8)10/h3-5,14H,2H2,1H3. The maximum absolute atomic E-state index is 12.4. The molecule has 0 aliphatic rings. The summed E-state index contributed by atoms with van der Waals surface area (Å²) >= 11 is 1.43. The lowest BCUT2D eigenvalue weighted by atomic mass is 10.2. The fraction of sp³-hybridized carbons (Fsp3) is 0.333. The molecule has 0 fully saturated rings. The van der Waals surface area contributed by atoms with Gasteiger partial charge < -0.3 is 4.55 Å². The first kappa shape index (κ1) is 13.8. The number of nitrogens with one attached hydrogen (secondary N) is 1. The predicted molar refractivity (Wildman–Crippen MR) is 59.2 cm³/mol. The molecule has 90 valence electrons. The maximum atomic E-state index is 12.4. The topological polar surface area (TPSA) is 35.1 Å². The summed E-state index contributed by atoms with van der Waals surface area (Å²) in [4.78, 5) is 0.0941. The first-order chi connectivity index (χ1) is 7.36. The van der Waals surface area contributed by atoms with Crippen molar-refractivity contribution in [2.24, 2.45) is 0 Å². The summed E-state index contributed by atoms with van der Waals surface area (Å²) in [5.41, 5.74) is -0.808. The van der Waals surface area contributed by atoms with Gasteiger partial charge in [0.15, 0.2) is 4.90 Å². The molecule has 1 unspecified atom stereocenters. The van der Waals surface area contributed by atoms with E-state index in [1.807, 2.05) is 0 Å². The fourth-order valence-electron chi connectivity index (χ4n) is 1.03. The highest BCUT2D eigenvalue weighted by atomic mass is 79.9. The zero-order valence-electron chi connectivity index (χ0n) is 8.27. The summed E-state index contributed by atoms with van der Waals surface area (Å²) in [6, 6.07) is 3.06.